The van der Waals surface area contributed by atoms with Crippen molar-refractivity contribution in [1.29, 1.82) is 0 Å². The van der Waals surface area contributed by atoms with Crippen LogP contribution in [0.15, 0.2) is 36.5 Å². The van der Waals surface area contributed by atoms with E-state index in [0.717, 1.165) is 11.1 Å². The Balaban J connectivity index is 0.00000312. The van der Waals surface area contributed by atoms with Crippen LogP contribution in [0.3, 0.4) is 0 Å². The molecule has 0 saturated heterocycles. The molecule has 0 aliphatic carbocycles. The Kier molecular flexibility index (Phi) is 7.75. The molecule has 0 spiro atoms. The fraction of sp³-hybridized carbons (Fsp3) is 0.222. The second-order valence-corrected chi connectivity index (χ2v) is 5.00. The molecular formula is C18H21ClN2O4. The standard InChI is InChI=1S/C18H20N2O4.ClH/c1-12-7-8-19-16(9-12)20-17(21)6-5-13-10-14(22-2)18(24-4)15(11-13)23-3;/h5-11H,1-4H3,(H,19,20,21);1H/b6-5+;. The van der Waals surface area contributed by atoms with Crippen molar-refractivity contribution in [3.8, 4) is 17.2 Å². The number of rotatable bonds is 6. The predicted octanol–water partition coefficient (Wildman–Crippen LogP) is 3.49. The molecule has 0 aliphatic rings. The van der Waals surface area contributed by atoms with Crippen LogP contribution >= 0.6 is 12.4 Å². The van der Waals surface area contributed by atoms with Gasteiger partial charge in [-0.3, -0.25) is 4.79 Å². The molecular weight excluding hydrogens is 344 g/mol. The zero-order valence-corrected chi connectivity index (χ0v) is 15.3. The molecule has 0 radical (unpaired) electrons. The third-order valence-electron chi connectivity index (χ3n) is 3.28. The number of benzene rings is 1. The van der Waals surface area contributed by atoms with Gasteiger partial charge in [0.25, 0.3) is 0 Å². The van der Waals surface area contributed by atoms with Crippen molar-refractivity contribution in [3.05, 3.63) is 47.7 Å². The molecule has 0 unspecified atom stereocenters. The number of aromatic nitrogens is 1. The van der Waals surface area contributed by atoms with Gasteiger partial charge in [0.2, 0.25) is 11.7 Å². The monoisotopic (exact) mass is 364 g/mol. The van der Waals surface area contributed by atoms with Crippen molar-refractivity contribution >= 4 is 30.2 Å². The maximum atomic E-state index is 12.0. The van der Waals surface area contributed by atoms with E-state index >= 15 is 0 Å². The normalized spacial score (nSPS) is 10.1. The van der Waals surface area contributed by atoms with Crippen molar-refractivity contribution in [2.45, 2.75) is 6.92 Å². The molecule has 1 N–H and O–H groups in total. The zero-order chi connectivity index (χ0) is 17.5. The minimum atomic E-state index is -0.276. The average Bonchev–Trinajstić information content (AvgIpc) is 2.58. The molecule has 0 aliphatic heterocycles. The summed E-state index contributed by atoms with van der Waals surface area (Å²) in [4.78, 5) is 16.1. The first-order valence-electron chi connectivity index (χ1n) is 7.29. The number of carbonyl (C=O) groups excluding carboxylic acids is 1. The van der Waals surface area contributed by atoms with E-state index in [2.05, 4.69) is 10.3 Å². The molecule has 6 nitrogen and oxygen atoms in total. The molecule has 2 rings (SSSR count). The van der Waals surface area contributed by atoms with Crippen LogP contribution in [0.4, 0.5) is 5.82 Å². The molecule has 0 fully saturated rings. The summed E-state index contributed by atoms with van der Waals surface area (Å²) in [6.45, 7) is 1.93. The number of amides is 1. The van der Waals surface area contributed by atoms with E-state index in [0.29, 0.717) is 23.1 Å². The highest BCUT2D eigenvalue weighted by atomic mass is 35.5. The van der Waals surface area contributed by atoms with Crippen LogP contribution in [-0.2, 0) is 4.79 Å². The van der Waals surface area contributed by atoms with Gasteiger partial charge in [-0.2, -0.15) is 0 Å². The lowest BCUT2D eigenvalue weighted by molar-refractivity contribution is -0.111. The molecule has 1 amide bonds. The van der Waals surface area contributed by atoms with Crippen LogP contribution in [-0.4, -0.2) is 32.2 Å². The Labute approximate surface area is 153 Å². The van der Waals surface area contributed by atoms with E-state index in [9.17, 15) is 4.79 Å². The number of methoxy groups -OCH3 is 3. The topological polar surface area (TPSA) is 69.7 Å². The van der Waals surface area contributed by atoms with Gasteiger partial charge < -0.3 is 19.5 Å². The number of aryl methyl sites for hydroxylation is 1. The minimum absolute atomic E-state index is 0. The van der Waals surface area contributed by atoms with E-state index in [1.807, 2.05) is 13.0 Å². The summed E-state index contributed by atoms with van der Waals surface area (Å²) in [7, 11) is 4.62. The summed E-state index contributed by atoms with van der Waals surface area (Å²) < 4.78 is 15.8. The van der Waals surface area contributed by atoms with Crippen molar-refractivity contribution in [1.82, 2.24) is 4.98 Å². The lowest BCUT2D eigenvalue weighted by atomic mass is 10.1. The molecule has 25 heavy (non-hydrogen) atoms. The first-order valence-corrected chi connectivity index (χ1v) is 7.29. The number of nitrogens with one attached hydrogen (secondary N) is 1. The highest BCUT2D eigenvalue weighted by molar-refractivity contribution is 6.01. The number of anilines is 1. The van der Waals surface area contributed by atoms with Gasteiger partial charge >= 0.3 is 0 Å². The first kappa shape index (κ1) is 20.3. The molecule has 7 heteroatoms. The van der Waals surface area contributed by atoms with Gasteiger partial charge in [-0.05, 0) is 48.4 Å². The van der Waals surface area contributed by atoms with Crippen LogP contribution in [0.1, 0.15) is 11.1 Å². The Hall–Kier alpha value is -2.73. The first-order chi connectivity index (χ1) is 11.6. The number of pyridine rings is 1. The summed E-state index contributed by atoms with van der Waals surface area (Å²) in [5, 5.41) is 2.71. The molecule has 0 bridgehead atoms. The number of ether oxygens (including phenoxy) is 3. The van der Waals surface area contributed by atoms with Crippen LogP contribution < -0.4 is 19.5 Å². The molecule has 0 atom stereocenters. The summed E-state index contributed by atoms with van der Waals surface area (Å²) in [5.41, 5.74) is 1.77. The number of carbonyl (C=O) groups is 1. The van der Waals surface area contributed by atoms with Gasteiger partial charge in [0, 0.05) is 12.3 Å². The lowest BCUT2D eigenvalue weighted by Gasteiger charge is -2.12. The molecule has 1 aromatic carbocycles. The van der Waals surface area contributed by atoms with Crippen molar-refractivity contribution in [2.75, 3.05) is 26.6 Å². The number of nitrogens with zero attached hydrogens (tertiary/aromatic N) is 1. The summed E-state index contributed by atoms with van der Waals surface area (Å²) in [6.07, 6.45) is 4.73. The maximum absolute atomic E-state index is 12.0. The Bertz CT molecular complexity index is 737. The van der Waals surface area contributed by atoms with Gasteiger partial charge in [-0.1, -0.05) is 0 Å². The van der Waals surface area contributed by atoms with Gasteiger partial charge in [0.1, 0.15) is 5.82 Å². The number of hydrogen-bond acceptors (Lipinski definition) is 5. The minimum Gasteiger partial charge on any atom is -0.493 e. The van der Waals surface area contributed by atoms with E-state index < -0.39 is 0 Å². The molecule has 134 valence electrons. The Morgan fingerprint density at radius 2 is 1.72 bits per heavy atom. The fourth-order valence-corrected chi connectivity index (χ4v) is 2.14. The highest BCUT2D eigenvalue weighted by Crippen LogP contribution is 2.38. The van der Waals surface area contributed by atoms with E-state index in [4.69, 9.17) is 14.2 Å². The van der Waals surface area contributed by atoms with Crippen LogP contribution in [0.5, 0.6) is 17.2 Å². The van der Waals surface area contributed by atoms with Crippen molar-refractivity contribution < 1.29 is 19.0 Å². The highest BCUT2D eigenvalue weighted by Gasteiger charge is 2.12. The van der Waals surface area contributed by atoms with Gasteiger partial charge in [0.15, 0.2) is 11.5 Å². The third kappa shape index (κ3) is 5.39. The van der Waals surface area contributed by atoms with Crippen LogP contribution in [0.2, 0.25) is 0 Å². The number of halogens is 1. The van der Waals surface area contributed by atoms with Crippen molar-refractivity contribution in [3.63, 3.8) is 0 Å². The Morgan fingerprint density at radius 3 is 2.24 bits per heavy atom. The largest absolute Gasteiger partial charge is 0.493 e. The van der Waals surface area contributed by atoms with Crippen LogP contribution in [0.25, 0.3) is 6.08 Å². The smallest absolute Gasteiger partial charge is 0.249 e. The second kappa shape index (κ2) is 9.54. The van der Waals surface area contributed by atoms with Crippen molar-refractivity contribution in [2.24, 2.45) is 0 Å². The van der Waals surface area contributed by atoms with Gasteiger partial charge in [-0.15, -0.1) is 12.4 Å². The SMILES string of the molecule is COc1cc(/C=C/C(=O)Nc2cc(C)ccn2)cc(OC)c1OC.Cl. The molecule has 2 aromatic rings. The maximum Gasteiger partial charge on any atom is 0.249 e. The second-order valence-electron chi connectivity index (χ2n) is 5.00. The zero-order valence-electron chi connectivity index (χ0n) is 14.5. The molecule has 1 aromatic heterocycles. The van der Waals surface area contributed by atoms with E-state index in [1.54, 1.807) is 44.7 Å². The molecule has 1 heterocycles. The lowest BCUT2D eigenvalue weighted by Crippen LogP contribution is -2.09. The summed E-state index contributed by atoms with van der Waals surface area (Å²) in [5.74, 6) is 1.79. The fourth-order valence-electron chi connectivity index (χ4n) is 2.14. The van der Waals surface area contributed by atoms with Crippen LogP contribution in [0, 0.1) is 6.92 Å². The van der Waals surface area contributed by atoms with Gasteiger partial charge in [-0.25, -0.2) is 4.98 Å². The van der Waals surface area contributed by atoms with Gasteiger partial charge in [0.05, 0.1) is 21.3 Å². The Morgan fingerprint density at radius 1 is 1.08 bits per heavy atom. The summed E-state index contributed by atoms with van der Waals surface area (Å²) >= 11 is 0. The number of hydrogen-bond donors (Lipinski definition) is 1. The van der Waals surface area contributed by atoms with E-state index in [-0.39, 0.29) is 18.3 Å². The molecule has 0 saturated carbocycles. The quantitative estimate of drug-likeness (QED) is 0.794. The van der Waals surface area contributed by atoms with E-state index in [1.165, 1.54) is 13.2 Å². The predicted molar refractivity (Wildman–Crippen MR) is 100.0 cm³/mol. The summed E-state index contributed by atoms with van der Waals surface area (Å²) in [6, 6.07) is 7.18. The average molecular weight is 365 g/mol. The third-order valence-corrected chi connectivity index (χ3v) is 3.28.